The smallest absolute Gasteiger partial charge is 0.271 e. The van der Waals surface area contributed by atoms with Gasteiger partial charge in [-0.05, 0) is 35.3 Å². The second-order valence-corrected chi connectivity index (χ2v) is 9.02. The molecule has 1 aromatic rings. The van der Waals surface area contributed by atoms with Crippen molar-refractivity contribution in [3.8, 4) is 0 Å². The number of rotatable bonds is 4. The predicted molar refractivity (Wildman–Crippen MR) is 126 cm³/mol. The maximum atomic E-state index is 12.2. The molecule has 4 rings (SSSR count). The van der Waals surface area contributed by atoms with Crippen LogP contribution in [0, 0.1) is 0 Å². The first kappa shape index (κ1) is 20.9. The van der Waals surface area contributed by atoms with Crippen molar-refractivity contribution in [3.63, 3.8) is 0 Å². The Balaban J connectivity index is 1.39. The molecule has 1 unspecified atom stereocenters. The van der Waals surface area contributed by atoms with Crippen molar-refractivity contribution in [3.05, 3.63) is 69.0 Å². The van der Waals surface area contributed by atoms with Gasteiger partial charge >= 0.3 is 0 Å². The number of hydrogen-bond acceptors (Lipinski definition) is 4. The molecule has 30 heavy (non-hydrogen) atoms. The lowest BCUT2D eigenvalue weighted by atomic mass is 9.97. The van der Waals surface area contributed by atoms with Gasteiger partial charge in [0.2, 0.25) is 0 Å². The van der Waals surface area contributed by atoms with Crippen LogP contribution >= 0.6 is 15.9 Å². The molecule has 0 saturated heterocycles. The number of fused-ring (bicyclic) bond motifs is 1. The van der Waals surface area contributed by atoms with E-state index in [4.69, 9.17) is 0 Å². The lowest BCUT2D eigenvalue weighted by Gasteiger charge is -2.28. The first-order valence-electron chi connectivity index (χ1n) is 10.3. The molecule has 0 bridgehead atoms. The van der Waals surface area contributed by atoms with Gasteiger partial charge in [-0.2, -0.15) is 0 Å². The van der Waals surface area contributed by atoms with E-state index in [1.165, 1.54) is 28.0 Å². The van der Waals surface area contributed by atoms with Gasteiger partial charge in [0.25, 0.3) is 5.91 Å². The van der Waals surface area contributed by atoms with Crippen molar-refractivity contribution in [2.75, 3.05) is 40.3 Å². The molecule has 1 aliphatic carbocycles. The number of halogens is 1. The minimum absolute atomic E-state index is 0.0502. The summed E-state index contributed by atoms with van der Waals surface area (Å²) in [5.41, 5.74) is 6.88. The summed E-state index contributed by atoms with van der Waals surface area (Å²) < 4.78 is 1.12. The maximum absolute atomic E-state index is 12.2. The third-order valence-electron chi connectivity index (χ3n) is 5.95. The molecule has 0 fully saturated rings. The van der Waals surface area contributed by atoms with Crippen molar-refractivity contribution in [2.45, 2.75) is 19.3 Å². The van der Waals surface area contributed by atoms with Gasteiger partial charge < -0.3 is 4.90 Å². The van der Waals surface area contributed by atoms with Crippen LogP contribution in [0.4, 0.5) is 0 Å². The molecule has 0 radical (unpaired) electrons. The molecule has 5 nitrogen and oxygen atoms in total. The van der Waals surface area contributed by atoms with Crippen molar-refractivity contribution in [1.29, 1.82) is 0 Å². The molecular formula is C24H27BrN4O. The quantitative estimate of drug-likeness (QED) is 0.673. The Morgan fingerprint density at radius 2 is 2.13 bits per heavy atom. The molecule has 1 aromatic heterocycles. The van der Waals surface area contributed by atoms with Crippen LogP contribution in [-0.4, -0.2) is 66.7 Å². The molecule has 1 atom stereocenters. The van der Waals surface area contributed by atoms with Gasteiger partial charge in [-0.3, -0.25) is 19.7 Å². The number of carbonyl (C=O) groups excluding carboxylic acids is 1. The van der Waals surface area contributed by atoms with E-state index in [9.17, 15) is 4.79 Å². The summed E-state index contributed by atoms with van der Waals surface area (Å²) in [6.07, 6.45) is 13.5. The highest BCUT2D eigenvalue weighted by atomic mass is 79.9. The third-order valence-corrected chi connectivity index (χ3v) is 6.64. The molecule has 6 heteroatoms. The predicted octanol–water partition coefficient (Wildman–Crippen LogP) is 4.00. The number of allylic oxidation sites excluding steroid dienone is 2. The SMILES string of the molecule is CC1C(CN2CC=C(C3=CCN=C(C(=O)N(C)C)C=C3)CC2)=Cc2c(Br)ccnc21. The van der Waals surface area contributed by atoms with E-state index in [2.05, 4.69) is 56.0 Å². The van der Waals surface area contributed by atoms with Gasteiger partial charge in [0.15, 0.2) is 0 Å². The van der Waals surface area contributed by atoms with Crippen LogP contribution in [0.5, 0.6) is 0 Å². The third kappa shape index (κ3) is 4.25. The fraction of sp³-hybridized carbons (Fsp3) is 0.375. The molecule has 156 valence electrons. The van der Waals surface area contributed by atoms with Gasteiger partial charge in [-0.1, -0.05) is 47.2 Å². The lowest BCUT2D eigenvalue weighted by molar-refractivity contribution is -0.121. The molecule has 1 amide bonds. The van der Waals surface area contributed by atoms with E-state index in [0.717, 1.165) is 30.5 Å². The maximum Gasteiger partial charge on any atom is 0.271 e. The van der Waals surface area contributed by atoms with E-state index in [1.807, 2.05) is 24.4 Å². The topological polar surface area (TPSA) is 48.8 Å². The van der Waals surface area contributed by atoms with Crippen molar-refractivity contribution in [1.82, 2.24) is 14.8 Å². The Kier molecular flexibility index (Phi) is 6.16. The van der Waals surface area contributed by atoms with Gasteiger partial charge in [0.05, 0.1) is 12.2 Å². The van der Waals surface area contributed by atoms with E-state index in [0.29, 0.717) is 18.2 Å². The van der Waals surface area contributed by atoms with Crippen LogP contribution in [0.15, 0.2) is 62.8 Å². The van der Waals surface area contributed by atoms with Crippen molar-refractivity contribution >= 4 is 33.6 Å². The van der Waals surface area contributed by atoms with E-state index < -0.39 is 0 Å². The first-order chi connectivity index (χ1) is 14.4. The van der Waals surface area contributed by atoms with Gasteiger partial charge in [-0.25, -0.2) is 0 Å². The number of carbonyl (C=O) groups is 1. The number of amides is 1. The van der Waals surface area contributed by atoms with E-state index in [1.54, 1.807) is 19.0 Å². The van der Waals surface area contributed by atoms with Crippen molar-refractivity contribution < 1.29 is 4.79 Å². The van der Waals surface area contributed by atoms with E-state index >= 15 is 0 Å². The van der Waals surface area contributed by atoms with Crippen LogP contribution in [0.1, 0.15) is 30.5 Å². The van der Waals surface area contributed by atoms with Gasteiger partial charge in [0, 0.05) is 55.9 Å². The van der Waals surface area contributed by atoms with Crippen LogP contribution in [0.25, 0.3) is 6.08 Å². The minimum Gasteiger partial charge on any atom is -0.343 e. The first-order valence-corrected chi connectivity index (χ1v) is 11.1. The average Bonchev–Trinajstić information content (AvgIpc) is 2.92. The Morgan fingerprint density at radius 3 is 2.83 bits per heavy atom. The van der Waals surface area contributed by atoms with Crippen molar-refractivity contribution in [2.24, 2.45) is 4.99 Å². The normalized spacial score (nSPS) is 21.3. The zero-order chi connectivity index (χ0) is 21.3. The highest BCUT2D eigenvalue weighted by molar-refractivity contribution is 9.10. The summed E-state index contributed by atoms with van der Waals surface area (Å²) in [4.78, 5) is 25.2. The largest absolute Gasteiger partial charge is 0.343 e. The summed E-state index contributed by atoms with van der Waals surface area (Å²) in [7, 11) is 3.51. The van der Waals surface area contributed by atoms with Crippen LogP contribution < -0.4 is 0 Å². The number of pyridine rings is 1. The average molecular weight is 467 g/mol. The molecular weight excluding hydrogens is 440 g/mol. The Morgan fingerprint density at radius 1 is 1.30 bits per heavy atom. The number of aliphatic imine (C=N–C) groups is 1. The Hall–Kier alpha value is -2.31. The van der Waals surface area contributed by atoms with Gasteiger partial charge in [0.1, 0.15) is 5.71 Å². The van der Waals surface area contributed by atoms with Gasteiger partial charge in [-0.15, -0.1) is 0 Å². The second-order valence-electron chi connectivity index (χ2n) is 8.17. The Bertz CT molecular complexity index is 1020. The van der Waals surface area contributed by atoms with Crippen LogP contribution in [0.3, 0.4) is 0 Å². The summed E-state index contributed by atoms with van der Waals surface area (Å²) in [5, 5.41) is 0. The number of hydrogen-bond donors (Lipinski definition) is 0. The zero-order valence-corrected chi connectivity index (χ0v) is 19.3. The number of aromatic nitrogens is 1. The summed E-state index contributed by atoms with van der Waals surface area (Å²) >= 11 is 3.65. The fourth-order valence-corrected chi connectivity index (χ4v) is 4.57. The highest BCUT2D eigenvalue weighted by Gasteiger charge is 2.26. The number of nitrogens with zero attached hydrogens (tertiary/aromatic N) is 4. The molecule has 3 aliphatic rings. The lowest BCUT2D eigenvalue weighted by Crippen LogP contribution is -2.31. The monoisotopic (exact) mass is 466 g/mol. The summed E-state index contributed by atoms with van der Waals surface area (Å²) in [6, 6.07) is 2.01. The minimum atomic E-state index is -0.0502. The molecule has 0 aromatic carbocycles. The van der Waals surface area contributed by atoms with Crippen LogP contribution in [0.2, 0.25) is 0 Å². The summed E-state index contributed by atoms with van der Waals surface area (Å²) in [5.74, 6) is 0.311. The van der Waals surface area contributed by atoms with E-state index in [-0.39, 0.29) is 5.91 Å². The van der Waals surface area contributed by atoms with Crippen LogP contribution in [-0.2, 0) is 4.79 Å². The molecule has 0 N–H and O–H groups in total. The molecule has 0 spiro atoms. The fourth-order valence-electron chi connectivity index (χ4n) is 4.13. The second kappa shape index (κ2) is 8.82. The Labute approximate surface area is 186 Å². The summed E-state index contributed by atoms with van der Waals surface area (Å²) in [6.45, 7) is 5.71. The standard InChI is InChI=1S/C24H27BrN4O/c1-16-19(14-20-21(25)7-11-27-23(16)20)15-29-12-8-18(9-13-29)17-4-5-22(26-10-6-17)24(30)28(2)3/h4-8,11,14,16H,9-10,12-13,15H2,1-3H3. The molecule has 2 aliphatic heterocycles. The highest BCUT2D eigenvalue weighted by Crippen LogP contribution is 2.38. The zero-order valence-electron chi connectivity index (χ0n) is 17.7. The molecule has 3 heterocycles. The molecule has 0 saturated carbocycles.